The maximum absolute atomic E-state index is 13.2. The van der Waals surface area contributed by atoms with Gasteiger partial charge in [-0.25, -0.2) is 0 Å². The number of nitrogens with zero attached hydrogens (tertiary/aromatic N) is 2. The van der Waals surface area contributed by atoms with E-state index >= 15 is 0 Å². The van der Waals surface area contributed by atoms with Crippen LogP contribution in [0.5, 0.6) is 17.2 Å². The van der Waals surface area contributed by atoms with Crippen LogP contribution in [0.2, 0.25) is 0 Å². The Kier molecular flexibility index (Phi) is 7.28. The number of methoxy groups -OCH3 is 3. The second-order valence-corrected chi connectivity index (χ2v) is 8.09. The molecule has 0 aromatic heterocycles. The molecule has 1 aliphatic rings. The van der Waals surface area contributed by atoms with Crippen LogP contribution in [0, 0.1) is 6.92 Å². The molecule has 1 atom stereocenters. The lowest BCUT2D eigenvalue weighted by Crippen LogP contribution is -2.35. The standard InChI is InChI=1S/C25H30N2O6/c1-15-13-17(31-4)8-9-18(15)23(28)21-22(16-7-10-19(32-5)20(14-16)33-6)27(12-11-26(2)3)25(30)24(21)29/h7-10,13-14,22,28H,11-12H2,1-6H3/b23-21+/t22-/m1/s1. The van der Waals surface area contributed by atoms with Crippen LogP contribution in [0.1, 0.15) is 22.7 Å². The molecule has 1 amide bonds. The van der Waals surface area contributed by atoms with Gasteiger partial charge >= 0.3 is 0 Å². The Labute approximate surface area is 194 Å². The summed E-state index contributed by atoms with van der Waals surface area (Å²) in [4.78, 5) is 29.6. The Hall–Kier alpha value is -3.52. The first kappa shape index (κ1) is 24.1. The fourth-order valence-corrected chi connectivity index (χ4v) is 3.96. The number of hydrogen-bond donors (Lipinski definition) is 1. The van der Waals surface area contributed by atoms with Gasteiger partial charge in [-0.1, -0.05) is 6.07 Å². The minimum absolute atomic E-state index is 0.0410. The average Bonchev–Trinajstić information content (AvgIpc) is 3.06. The lowest BCUT2D eigenvalue weighted by molar-refractivity contribution is -0.140. The molecule has 33 heavy (non-hydrogen) atoms. The molecular weight excluding hydrogens is 424 g/mol. The van der Waals surface area contributed by atoms with Crippen molar-refractivity contribution in [3.63, 3.8) is 0 Å². The lowest BCUT2D eigenvalue weighted by atomic mass is 9.93. The van der Waals surface area contributed by atoms with Crippen molar-refractivity contribution in [3.8, 4) is 17.2 Å². The van der Waals surface area contributed by atoms with Crippen molar-refractivity contribution < 1.29 is 28.9 Å². The second-order valence-electron chi connectivity index (χ2n) is 8.09. The zero-order valence-corrected chi connectivity index (χ0v) is 19.8. The number of likely N-dealkylation sites (tertiary alicyclic amines) is 1. The maximum atomic E-state index is 13.2. The third kappa shape index (κ3) is 4.66. The van der Waals surface area contributed by atoms with Gasteiger partial charge in [0.2, 0.25) is 0 Å². The van der Waals surface area contributed by atoms with E-state index in [2.05, 4.69) is 0 Å². The Bertz CT molecular complexity index is 1090. The number of likely N-dealkylation sites (N-methyl/N-ethyl adjacent to an activating group) is 1. The highest BCUT2D eigenvalue weighted by Gasteiger charge is 2.46. The summed E-state index contributed by atoms with van der Waals surface area (Å²) >= 11 is 0. The number of ketones is 1. The molecule has 0 unspecified atom stereocenters. The number of rotatable bonds is 8. The van der Waals surface area contributed by atoms with Crippen molar-refractivity contribution in [3.05, 3.63) is 58.7 Å². The molecule has 0 spiro atoms. The monoisotopic (exact) mass is 454 g/mol. The minimum atomic E-state index is -0.772. The number of benzene rings is 2. The van der Waals surface area contributed by atoms with Crippen LogP contribution >= 0.6 is 0 Å². The predicted octanol–water partition coefficient (Wildman–Crippen LogP) is 3.00. The first-order chi connectivity index (χ1) is 15.7. The molecule has 1 saturated heterocycles. The molecule has 2 aromatic rings. The van der Waals surface area contributed by atoms with E-state index < -0.39 is 17.7 Å². The molecule has 1 N–H and O–H groups in total. The average molecular weight is 455 g/mol. The number of hydrogen-bond acceptors (Lipinski definition) is 7. The minimum Gasteiger partial charge on any atom is -0.507 e. The first-order valence-electron chi connectivity index (χ1n) is 10.5. The summed E-state index contributed by atoms with van der Waals surface area (Å²) in [5.74, 6) is 0.0319. The third-order valence-corrected chi connectivity index (χ3v) is 5.74. The number of carbonyl (C=O) groups excluding carboxylic acids is 2. The van der Waals surface area contributed by atoms with Gasteiger partial charge in [0.1, 0.15) is 11.5 Å². The van der Waals surface area contributed by atoms with Crippen molar-refractivity contribution >= 4 is 17.4 Å². The molecule has 8 nitrogen and oxygen atoms in total. The maximum Gasteiger partial charge on any atom is 0.295 e. The van der Waals surface area contributed by atoms with Crippen molar-refractivity contribution in [1.82, 2.24) is 9.80 Å². The number of carbonyl (C=O) groups is 2. The number of amides is 1. The fraction of sp³-hybridized carbons (Fsp3) is 0.360. The molecule has 0 bridgehead atoms. The van der Waals surface area contributed by atoms with E-state index in [0.717, 1.165) is 5.56 Å². The number of aliphatic hydroxyl groups is 1. The lowest BCUT2D eigenvalue weighted by Gasteiger charge is -2.27. The molecule has 176 valence electrons. The SMILES string of the molecule is COc1ccc(/C(O)=C2\C(=O)C(=O)N(CCN(C)C)[C@@H]2c2ccc(OC)c(OC)c2)c(C)c1. The van der Waals surface area contributed by atoms with Gasteiger partial charge in [-0.3, -0.25) is 9.59 Å². The van der Waals surface area contributed by atoms with Gasteiger partial charge in [-0.05, 0) is 62.5 Å². The zero-order valence-electron chi connectivity index (χ0n) is 19.8. The van der Waals surface area contributed by atoms with Gasteiger partial charge in [0.15, 0.2) is 11.5 Å². The van der Waals surface area contributed by atoms with Gasteiger partial charge < -0.3 is 29.1 Å². The fourth-order valence-electron chi connectivity index (χ4n) is 3.96. The Balaban J connectivity index is 2.21. The van der Waals surface area contributed by atoms with E-state index in [1.807, 2.05) is 25.9 Å². The van der Waals surface area contributed by atoms with E-state index in [-0.39, 0.29) is 11.3 Å². The highest BCUT2D eigenvalue weighted by molar-refractivity contribution is 6.46. The number of Topliss-reactive ketones (excluding diaryl/α,β-unsaturated/α-hetero) is 1. The molecule has 1 aliphatic heterocycles. The molecule has 0 radical (unpaired) electrons. The summed E-state index contributed by atoms with van der Waals surface area (Å²) in [7, 11) is 8.39. The second kappa shape index (κ2) is 9.95. The molecule has 1 heterocycles. The van der Waals surface area contributed by atoms with E-state index in [1.54, 1.807) is 43.5 Å². The van der Waals surface area contributed by atoms with Gasteiger partial charge in [-0.15, -0.1) is 0 Å². The van der Waals surface area contributed by atoms with Crippen LogP contribution in [0.4, 0.5) is 0 Å². The summed E-state index contributed by atoms with van der Waals surface area (Å²) in [6, 6.07) is 9.60. The molecule has 2 aromatic carbocycles. The topological polar surface area (TPSA) is 88.5 Å². The van der Waals surface area contributed by atoms with Crippen LogP contribution in [0.25, 0.3) is 5.76 Å². The van der Waals surface area contributed by atoms with Crippen molar-refractivity contribution in [2.45, 2.75) is 13.0 Å². The van der Waals surface area contributed by atoms with E-state index in [9.17, 15) is 14.7 Å². The third-order valence-electron chi connectivity index (χ3n) is 5.74. The smallest absolute Gasteiger partial charge is 0.295 e. The van der Waals surface area contributed by atoms with Gasteiger partial charge in [0.05, 0.1) is 32.9 Å². The van der Waals surface area contributed by atoms with Crippen molar-refractivity contribution in [1.29, 1.82) is 0 Å². The van der Waals surface area contributed by atoms with Crippen LogP contribution in [-0.4, -0.2) is 75.1 Å². The summed E-state index contributed by atoms with van der Waals surface area (Å²) in [5.41, 5.74) is 1.86. The van der Waals surface area contributed by atoms with Gasteiger partial charge in [0.25, 0.3) is 11.7 Å². The molecule has 0 saturated carbocycles. The Morgan fingerprint density at radius 3 is 2.27 bits per heavy atom. The number of ether oxygens (including phenoxy) is 3. The van der Waals surface area contributed by atoms with Gasteiger partial charge in [-0.2, -0.15) is 0 Å². The highest BCUT2D eigenvalue weighted by Crippen LogP contribution is 2.42. The number of aryl methyl sites for hydroxylation is 1. The quantitative estimate of drug-likeness (QED) is 0.373. The largest absolute Gasteiger partial charge is 0.507 e. The van der Waals surface area contributed by atoms with E-state index in [1.165, 1.54) is 19.1 Å². The summed E-state index contributed by atoms with van der Waals surface area (Å²) in [6.45, 7) is 2.68. The first-order valence-corrected chi connectivity index (χ1v) is 10.5. The number of aliphatic hydroxyl groups excluding tert-OH is 1. The molecule has 8 heteroatoms. The molecular formula is C25H30N2O6. The van der Waals surface area contributed by atoms with Crippen LogP contribution in [-0.2, 0) is 9.59 Å². The van der Waals surface area contributed by atoms with Gasteiger partial charge in [0, 0.05) is 18.7 Å². The highest BCUT2D eigenvalue weighted by atomic mass is 16.5. The van der Waals surface area contributed by atoms with Crippen molar-refractivity contribution in [2.75, 3.05) is 48.5 Å². The Morgan fingerprint density at radius 2 is 1.70 bits per heavy atom. The zero-order chi connectivity index (χ0) is 24.3. The normalized spacial score (nSPS) is 17.5. The van der Waals surface area contributed by atoms with E-state index in [4.69, 9.17) is 14.2 Å². The summed E-state index contributed by atoms with van der Waals surface area (Å²) < 4.78 is 16.0. The molecule has 0 aliphatic carbocycles. The van der Waals surface area contributed by atoms with Crippen molar-refractivity contribution in [2.24, 2.45) is 0 Å². The van der Waals surface area contributed by atoms with Crippen LogP contribution in [0.3, 0.4) is 0 Å². The van der Waals surface area contributed by atoms with Crippen LogP contribution < -0.4 is 14.2 Å². The predicted molar refractivity (Wildman–Crippen MR) is 125 cm³/mol. The van der Waals surface area contributed by atoms with Crippen LogP contribution in [0.15, 0.2) is 42.0 Å². The Morgan fingerprint density at radius 1 is 1.00 bits per heavy atom. The molecule has 1 fully saturated rings. The summed E-state index contributed by atoms with van der Waals surface area (Å²) in [5, 5.41) is 11.3. The molecule has 3 rings (SSSR count). The van der Waals surface area contributed by atoms with E-state index in [0.29, 0.717) is 41.5 Å². The summed E-state index contributed by atoms with van der Waals surface area (Å²) in [6.07, 6.45) is 0.